The van der Waals surface area contributed by atoms with E-state index in [-0.39, 0.29) is 12.2 Å². The molecule has 0 radical (unpaired) electrons. The molecule has 0 bridgehead atoms. The Bertz CT molecular complexity index is 937. The highest BCUT2D eigenvalue weighted by Gasteiger charge is 2.08. The van der Waals surface area contributed by atoms with E-state index in [1.807, 2.05) is 18.2 Å². The first-order valence-corrected chi connectivity index (χ1v) is 7.97. The minimum atomic E-state index is -0.933. The molecule has 4 nitrogen and oxygen atoms in total. The van der Waals surface area contributed by atoms with Gasteiger partial charge in [0.25, 0.3) is 0 Å². The summed E-state index contributed by atoms with van der Waals surface area (Å²) < 4.78 is 24.5. The number of halogens is 1. The maximum absolute atomic E-state index is 13.4. The van der Waals surface area contributed by atoms with Crippen LogP contribution in [0.1, 0.15) is 5.56 Å². The van der Waals surface area contributed by atoms with Gasteiger partial charge in [0, 0.05) is 6.07 Å². The fourth-order valence-corrected chi connectivity index (χ4v) is 2.63. The number of hydrogen-bond acceptors (Lipinski definition) is 3. The molecule has 3 aromatic carbocycles. The van der Waals surface area contributed by atoms with E-state index in [2.05, 4.69) is 0 Å². The third-order valence-corrected chi connectivity index (χ3v) is 3.76. The minimum absolute atomic E-state index is 0.128. The first-order valence-electron chi connectivity index (χ1n) is 7.97. The summed E-state index contributed by atoms with van der Waals surface area (Å²) in [5.41, 5.74) is 2.14. The maximum Gasteiger partial charge on any atom is 0.307 e. The monoisotopic (exact) mass is 352 g/mol. The third-order valence-electron chi connectivity index (χ3n) is 3.76. The lowest BCUT2D eigenvalue weighted by molar-refractivity contribution is -0.136. The van der Waals surface area contributed by atoms with E-state index < -0.39 is 5.97 Å². The number of ether oxygens (including phenoxy) is 2. The zero-order valence-corrected chi connectivity index (χ0v) is 14.1. The Morgan fingerprint density at radius 2 is 1.62 bits per heavy atom. The lowest BCUT2D eigenvalue weighted by Crippen LogP contribution is -2.00. The van der Waals surface area contributed by atoms with Crippen LogP contribution in [0.4, 0.5) is 4.39 Å². The van der Waals surface area contributed by atoms with E-state index >= 15 is 0 Å². The second-order valence-corrected chi connectivity index (χ2v) is 5.73. The van der Waals surface area contributed by atoms with Gasteiger partial charge in [0.05, 0.1) is 13.5 Å². The molecular formula is C21H17FO4. The molecule has 0 heterocycles. The van der Waals surface area contributed by atoms with Crippen molar-refractivity contribution in [3.8, 4) is 28.4 Å². The summed E-state index contributed by atoms with van der Waals surface area (Å²) in [6.07, 6.45) is -0.128. The molecule has 0 atom stereocenters. The van der Waals surface area contributed by atoms with Gasteiger partial charge in [-0.05, 0) is 53.1 Å². The van der Waals surface area contributed by atoms with Crippen LogP contribution < -0.4 is 9.47 Å². The van der Waals surface area contributed by atoms with Gasteiger partial charge in [-0.3, -0.25) is 4.79 Å². The number of benzene rings is 3. The topological polar surface area (TPSA) is 55.8 Å². The van der Waals surface area contributed by atoms with Gasteiger partial charge in [-0.2, -0.15) is 0 Å². The second-order valence-electron chi connectivity index (χ2n) is 5.73. The van der Waals surface area contributed by atoms with Crippen molar-refractivity contribution in [1.29, 1.82) is 0 Å². The van der Waals surface area contributed by atoms with E-state index in [4.69, 9.17) is 14.6 Å². The first-order chi connectivity index (χ1) is 12.5. The minimum Gasteiger partial charge on any atom is -0.497 e. The van der Waals surface area contributed by atoms with Crippen molar-refractivity contribution in [2.24, 2.45) is 0 Å². The van der Waals surface area contributed by atoms with Crippen LogP contribution in [-0.4, -0.2) is 18.2 Å². The molecule has 0 saturated heterocycles. The third kappa shape index (κ3) is 4.39. The second kappa shape index (κ2) is 7.70. The Labute approximate surface area is 150 Å². The number of carboxylic acids is 1. The van der Waals surface area contributed by atoms with Crippen molar-refractivity contribution < 1.29 is 23.8 Å². The van der Waals surface area contributed by atoms with Crippen LogP contribution in [0.15, 0.2) is 66.7 Å². The Hall–Kier alpha value is -3.34. The number of aliphatic carboxylic acids is 1. The molecule has 3 rings (SSSR count). The summed E-state index contributed by atoms with van der Waals surface area (Å²) >= 11 is 0. The van der Waals surface area contributed by atoms with E-state index in [1.165, 1.54) is 19.2 Å². The van der Waals surface area contributed by atoms with Crippen LogP contribution in [-0.2, 0) is 11.2 Å². The number of methoxy groups -OCH3 is 1. The molecule has 0 unspecified atom stereocenters. The number of carboxylic acid groups (broad SMARTS) is 1. The van der Waals surface area contributed by atoms with Gasteiger partial charge in [0.1, 0.15) is 23.1 Å². The van der Waals surface area contributed by atoms with Gasteiger partial charge in [-0.25, -0.2) is 4.39 Å². The highest BCUT2D eigenvalue weighted by molar-refractivity contribution is 5.70. The van der Waals surface area contributed by atoms with Crippen molar-refractivity contribution in [2.75, 3.05) is 7.11 Å². The zero-order valence-electron chi connectivity index (χ0n) is 14.1. The lowest BCUT2D eigenvalue weighted by atomic mass is 10.1. The molecule has 0 saturated carbocycles. The molecule has 0 amide bonds. The quantitative estimate of drug-likeness (QED) is 0.684. The molecule has 1 N–H and O–H groups in total. The fourth-order valence-electron chi connectivity index (χ4n) is 2.63. The van der Waals surface area contributed by atoms with Gasteiger partial charge in [-0.1, -0.05) is 24.3 Å². The van der Waals surface area contributed by atoms with Gasteiger partial charge < -0.3 is 14.6 Å². The van der Waals surface area contributed by atoms with Crippen molar-refractivity contribution in [3.63, 3.8) is 0 Å². The lowest BCUT2D eigenvalue weighted by Gasteiger charge is -2.11. The van der Waals surface area contributed by atoms with Crippen molar-refractivity contribution in [1.82, 2.24) is 0 Å². The molecule has 0 spiro atoms. The summed E-state index contributed by atoms with van der Waals surface area (Å²) in [6.45, 7) is 0. The highest BCUT2D eigenvalue weighted by Crippen LogP contribution is 2.30. The average molecular weight is 352 g/mol. The summed E-state index contributed by atoms with van der Waals surface area (Å²) in [5, 5.41) is 8.98. The summed E-state index contributed by atoms with van der Waals surface area (Å²) in [4.78, 5) is 11.0. The Morgan fingerprint density at radius 3 is 2.31 bits per heavy atom. The molecule has 0 fully saturated rings. The van der Waals surface area contributed by atoms with E-state index in [0.29, 0.717) is 22.8 Å². The predicted octanol–water partition coefficient (Wildman–Crippen LogP) is 4.92. The van der Waals surface area contributed by atoms with Crippen LogP contribution in [0.2, 0.25) is 0 Å². The molecule has 132 valence electrons. The molecule has 0 aliphatic carbocycles. The molecule has 3 aromatic rings. The van der Waals surface area contributed by atoms with Gasteiger partial charge in [0.15, 0.2) is 0 Å². The van der Waals surface area contributed by atoms with Crippen LogP contribution in [0.25, 0.3) is 11.1 Å². The van der Waals surface area contributed by atoms with Crippen molar-refractivity contribution in [2.45, 2.75) is 6.42 Å². The highest BCUT2D eigenvalue weighted by atomic mass is 19.1. The van der Waals surface area contributed by atoms with Crippen LogP contribution in [0.3, 0.4) is 0 Å². The predicted molar refractivity (Wildman–Crippen MR) is 96.2 cm³/mol. The van der Waals surface area contributed by atoms with Gasteiger partial charge >= 0.3 is 5.97 Å². The van der Waals surface area contributed by atoms with Crippen LogP contribution in [0, 0.1) is 5.82 Å². The standard InChI is InChI=1S/C21H17FO4/c1-25-19-8-14(10-21(23)24)9-20(13-19)26-18-7-3-5-16(12-18)15-4-2-6-17(22)11-15/h2-9,11-13H,10H2,1H3,(H,23,24). The first kappa shape index (κ1) is 17.5. The molecule has 26 heavy (non-hydrogen) atoms. The summed E-state index contributed by atoms with van der Waals surface area (Å²) in [7, 11) is 1.51. The number of rotatable bonds is 6. The molecule has 0 aliphatic rings. The SMILES string of the molecule is COc1cc(CC(=O)O)cc(Oc2cccc(-c3cccc(F)c3)c2)c1. The average Bonchev–Trinajstić information content (AvgIpc) is 2.61. The largest absolute Gasteiger partial charge is 0.497 e. The van der Waals surface area contributed by atoms with E-state index in [9.17, 15) is 9.18 Å². The van der Waals surface area contributed by atoms with Crippen molar-refractivity contribution in [3.05, 3.63) is 78.1 Å². The number of carbonyl (C=O) groups is 1. The molecule has 5 heteroatoms. The van der Waals surface area contributed by atoms with Crippen molar-refractivity contribution >= 4 is 5.97 Å². The summed E-state index contributed by atoms with van der Waals surface area (Å²) in [5.74, 6) is 0.301. The smallest absolute Gasteiger partial charge is 0.307 e. The molecular weight excluding hydrogens is 335 g/mol. The molecule has 0 aromatic heterocycles. The van der Waals surface area contributed by atoms with Gasteiger partial charge in [0.2, 0.25) is 0 Å². The Balaban J connectivity index is 1.89. The zero-order chi connectivity index (χ0) is 18.5. The van der Waals surface area contributed by atoms with E-state index in [1.54, 1.807) is 36.4 Å². The fraction of sp³-hybridized carbons (Fsp3) is 0.0952. The maximum atomic E-state index is 13.4. The van der Waals surface area contributed by atoms with Crippen LogP contribution >= 0.6 is 0 Å². The summed E-state index contributed by atoms with van der Waals surface area (Å²) in [6, 6.07) is 18.6. The number of hydrogen-bond donors (Lipinski definition) is 1. The Morgan fingerprint density at radius 1 is 0.923 bits per heavy atom. The normalized spacial score (nSPS) is 10.4. The Kier molecular flexibility index (Phi) is 5.17. The van der Waals surface area contributed by atoms with E-state index in [0.717, 1.165) is 11.1 Å². The van der Waals surface area contributed by atoms with Crippen LogP contribution in [0.5, 0.6) is 17.2 Å². The van der Waals surface area contributed by atoms with Gasteiger partial charge in [-0.15, -0.1) is 0 Å². The molecule has 0 aliphatic heterocycles.